The van der Waals surface area contributed by atoms with E-state index < -0.39 is 10.8 Å². The Morgan fingerprint density at radius 3 is 2.61 bits per heavy atom. The smallest absolute Gasteiger partial charge is 0.269 e. The minimum Gasteiger partial charge on any atom is -0.379 e. The molecule has 3 rings (SSSR count). The quantitative estimate of drug-likeness (QED) is 0.359. The second kappa shape index (κ2) is 11.0. The zero-order chi connectivity index (χ0) is 22.1. The van der Waals surface area contributed by atoms with E-state index in [0.29, 0.717) is 31.9 Å². The molecule has 2 amide bonds. The van der Waals surface area contributed by atoms with Gasteiger partial charge in [-0.3, -0.25) is 24.6 Å². The number of rotatable bonds is 9. The maximum absolute atomic E-state index is 12.8. The van der Waals surface area contributed by atoms with Gasteiger partial charge < -0.3 is 19.5 Å². The molecule has 31 heavy (non-hydrogen) atoms. The van der Waals surface area contributed by atoms with Crippen molar-refractivity contribution in [3.05, 3.63) is 58.3 Å². The maximum Gasteiger partial charge on any atom is 0.269 e. The molecule has 1 aromatic carbocycles. The third-order valence-electron chi connectivity index (χ3n) is 4.66. The molecular formula is C20H23N5O6. The van der Waals surface area contributed by atoms with E-state index in [1.807, 2.05) is 0 Å². The fraction of sp³-hybridized carbons (Fsp3) is 0.350. The molecule has 0 saturated carbocycles. The van der Waals surface area contributed by atoms with E-state index >= 15 is 0 Å². The standard InChI is InChI=1S/C20H23N5O6/c26-19(21-18-7-12-31-22-18)15-24(9-8-23-10-13-30-14-11-23)20(27)6-3-16-1-4-17(5-2-16)25(28)29/h1-7,12H,8-11,13-15H2,(H,21,22,26)/b6-3+. The lowest BCUT2D eigenvalue weighted by Crippen LogP contribution is -2.45. The summed E-state index contributed by atoms with van der Waals surface area (Å²) in [6.07, 6.45) is 4.25. The number of carbonyl (C=O) groups is 2. The SMILES string of the molecule is O=C(CN(CCN1CCOCC1)C(=O)/C=C/c1ccc([N+](=O)[O-])cc1)Nc1ccon1. The zero-order valence-corrected chi connectivity index (χ0v) is 16.8. The van der Waals surface area contributed by atoms with Gasteiger partial charge in [-0.25, -0.2) is 0 Å². The van der Waals surface area contributed by atoms with Crippen LogP contribution in [0.25, 0.3) is 6.08 Å². The number of morpholine rings is 1. The van der Waals surface area contributed by atoms with Crippen LogP contribution in [-0.2, 0) is 14.3 Å². The fourth-order valence-electron chi connectivity index (χ4n) is 2.97. The number of ether oxygens (including phenoxy) is 1. The summed E-state index contributed by atoms with van der Waals surface area (Å²) in [5, 5.41) is 17.0. The van der Waals surface area contributed by atoms with Crippen molar-refractivity contribution in [3.8, 4) is 0 Å². The lowest BCUT2D eigenvalue weighted by molar-refractivity contribution is -0.384. The number of nitro groups is 1. The summed E-state index contributed by atoms with van der Waals surface area (Å²) >= 11 is 0. The Labute approximate surface area is 178 Å². The molecule has 2 aromatic rings. The predicted molar refractivity (Wildman–Crippen MR) is 111 cm³/mol. The number of amides is 2. The number of aromatic nitrogens is 1. The molecular weight excluding hydrogens is 406 g/mol. The van der Waals surface area contributed by atoms with Crippen LogP contribution in [-0.4, -0.2) is 77.6 Å². The van der Waals surface area contributed by atoms with Gasteiger partial charge in [-0.2, -0.15) is 0 Å². The molecule has 1 aromatic heterocycles. The summed E-state index contributed by atoms with van der Waals surface area (Å²) in [6, 6.07) is 7.35. The summed E-state index contributed by atoms with van der Waals surface area (Å²) < 4.78 is 10.0. The number of nitrogens with zero attached hydrogens (tertiary/aromatic N) is 4. The number of carbonyl (C=O) groups excluding carboxylic acids is 2. The molecule has 0 radical (unpaired) electrons. The van der Waals surface area contributed by atoms with E-state index in [4.69, 9.17) is 4.74 Å². The van der Waals surface area contributed by atoms with E-state index in [9.17, 15) is 19.7 Å². The summed E-state index contributed by atoms with van der Waals surface area (Å²) in [5.41, 5.74) is 0.610. The summed E-state index contributed by atoms with van der Waals surface area (Å²) in [6.45, 7) is 3.63. The Balaban J connectivity index is 1.63. The fourth-order valence-corrected chi connectivity index (χ4v) is 2.97. The van der Waals surface area contributed by atoms with Gasteiger partial charge in [0.25, 0.3) is 5.69 Å². The van der Waals surface area contributed by atoms with Crippen molar-refractivity contribution >= 4 is 29.4 Å². The van der Waals surface area contributed by atoms with Crippen LogP contribution in [0.1, 0.15) is 5.56 Å². The van der Waals surface area contributed by atoms with Crippen molar-refractivity contribution in [2.75, 3.05) is 51.3 Å². The molecule has 1 saturated heterocycles. The largest absolute Gasteiger partial charge is 0.379 e. The average Bonchev–Trinajstić information content (AvgIpc) is 3.28. The molecule has 0 atom stereocenters. The number of anilines is 1. The van der Waals surface area contributed by atoms with E-state index in [0.717, 1.165) is 13.1 Å². The first-order valence-electron chi connectivity index (χ1n) is 9.73. The molecule has 0 bridgehead atoms. The first-order chi connectivity index (χ1) is 15.0. The Bertz CT molecular complexity index is 907. The number of non-ortho nitro benzene ring substituents is 1. The highest BCUT2D eigenvalue weighted by Gasteiger charge is 2.18. The number of nitrogens with one attached hydrogen (secondary N) is 1. The highest BCUT2D eigenvalue weighted by molar-refractivity contribution is 5.97. The number of hydrogen-bond acceptors (Lipinski definition) is 8. The molecule has 0 unspecified atom stereocenters. The van der Waals surface area contributed by atoms with Gasteiger partial charge >= 0.3 is 0 Å². The molecule has 2 heterocycles. The van der Waals surface area contributed by atoms with Gasteiger partial charge in [0.05, 0.1) is 18.1 Å². The molecule has 1 N–H and O–H groups in total. The summed E-state index contributed by atoms with van der Waals surface area (Å²) in [4.78, 5) is 39.0. The second-order valence-electron chi connectivity index (χ2n) is 6.83. The second-order valence-corrected chi connectivity index (χ2v) is 6.83. The van der Waals surface area contributed by atoms with Crippen LogP contribution in [0.2, 0.25) is 0 Å². The Hall–Kier alpha value is -3.57. The van der Waals surface area contributed by atoms with E-state index in [2.05, 4.69) is 19.9 Å². The third-order valence-corrected chi connectivity index (χ3v) is 4.66. The zero-order valence-electron chi connectivity index (χ0n) is 16.8. The number of nitro benzene ring substituents is 1. The minimum atomic E-state index is -0.487. The molecule has 164 valence electrons. The third kappa shape index (κ3) is 7.01. The Kier molecular flexibility index (Phi) is 7.85. The van der Waals surface area contributed by atoms with Gasteiger partial charge in [-0.15, -0.1) is 0 Å². The minimum absolute atomic E-state index is 0.0276. The molecule has 1 aliphatic heterocycles. The molecule has 11 heteroatoms. The van der Waals surface area contributed by atoms with Gasteiger partial charge in [-0.05, 0) is 23.8 Å². The summed E-state index contributed by atoms with van der Waals surface area (Å²) in [7, 11) is 0. The van der Waals surface area contributed by atoms with Crippen LogP contribution in [0.5, 0.6) is 0 Å². The average molecular weight is 429 g/mol. The van der Waals surface area contributed by atoms with Crippen molar-refractivity contribution < 1.29 is 23.8 Å². The number of hydrogen-bond donors (Lipinski definition) is 1. The van der Waals surface area contributed by atoms with Crippen molar-refractivity contribution in [2.45, 2.75) is 0 Å². The van der Waals surface area contributed by atoms with Crippen LogP contribution in [0.15, 0.2) is 47.2 Å². The predicted octanol–water partition coefficient (Wildman–Crippen LogP) is 1.40. The van der Waals surface area contributed by atoms with Crippen molar-refractivity contribution in [1.82, 2.24) is 15.0 Å². The van der Waals surface area contributed by atoms with Gasteiger partial charge in [0.15, 0.2) is 5.82 Å². The van der Waals surface area contributed by atoms with Crippen LogP contribution in [0, 0.1) is 10.1 Å². The molecule has 1 aliphatic rings. The van der Waals surface area contributed by atoms with Crippen LogP contribution in [0.3, 0.4) is 0 Å². The van der Waals surface area contributed by atoms with Crippen molar-refractivity contribution in [3.63, 3.8) is 0 Å². The van der Waals surface area contributed by atoms with E-state index in [-0.39, 0.29) is 24.0 Å². The first kappa shape index (κ1) is 22.1. The van der Waals surface area contributed by atoms with Crippen LogP contribution in [0.4, 0.5) is 11.5 Å². The highest BCUT2D eigenvalue weighted by atomic mass is 16.6. The topological polar surface area (TPSA) is 131 Å². The normalized spacial score (nSPS) is 14.5. The molecule has 1 fully saturated rings. The monoisotopic (exact) mass is 429 g/mol. The Morgan fingerprint density at radius 2 is 1.97 bits per heavy atom. The number of benzene rings is 1. The van der Waals surface area contributed by atoms with Gasteiger partial charge in [-0.1, -0.05) is 5.16 Å². The van der Waals surface area contributed by atoms with E-state index in [1.165, 1.54) is 35.4 Å². The molecule has 0 aliphatic carbocycles. The lowest BCUT2D eigenvalue weighted by Gasteiger charge is -2.29. The van der Waals surface area contributed by atoms with Crippen molar-refractivity contribution in [2.24, 2.45) is 0 Å². The maximum atomic E-state index is 12.8. The van der Waals surface area contributed by atoms with Crippen LogP contribution < -0.4 is 5.32 Å². The molecule has 0 spiro atoms. The van der Waals surface area contributed by atoms with Gasteiger partial charge in [0, 0.05) is 50.5 Å². The highest BCUT2D eigenvalue weighted by Crippen LogP contribution is 2.13. The van der Waals surface area contributed by atoms with Crippen LogP contribution >= 0.6 is 0 Å². The Morgan fingerprint density at radius 1 is 1.23 bits per heavy atom. The van der Waals surface area contributed by atoms with Gasteiger partial charge in [0.1, 0.15) is 12.8 Å². The molecule has 11 nitrogen and oxygen atoms in total. The van der Waals surface area contributed by atoms with Crippen molar-refractivity contribution in [1.29, 1.82) is 0 Å². The lowest BCUT2D eigenvalue weighted by atomic mass is 10.2. The summed E-state index contributed by atoms with van der Waals surface area (Å²) in [5.74, 6) is -0.470. The first-order valence-corrected chi connectivity index (χ1v) is 9.73. The van der Waals surface area contributed by atoms with Gasteiger partial charge in [0.2, 0.25) is 11.8 Å². The van der Waals surface area contributed by atoms with E-state index in [1.54, 1.807) is 18.2 Å².